The van der Waals surface area contributed by atoms with Gasteiger partial charge in [-0.25, -0.2) is 0 Å². The van der Waals surface area contributed by atoms with Crippen LogP contribution in [0.3, 0.4) is 0 Å². The molecule has 0 saturated carbocycles. The van der Waals surface area contributed by atoms with Crippen LogP contribution >= 0.6 is 0 Å². The molecule has 0 radical (unpaired) electrons. The predicted octanol–water partition coefficient (Wildman–Crippen LogP) is 2.33. The molecular formula is C11H18O2. The first-order valence-corrected chi connectivity index (χ1v) is 5.10. The number of ether oxygens (including phenoxy) is 2. The minimum Gasteiger partial charge on any atom is -0.353 e. The minimum atomic E-state index is 0.0552. The van der Waals surface area contributed by atoms with Crippen molar-refractivity contribution in [3.63, 3.8) is 0 Å². The number of terminal acetylenes is 1. The summed E-state index contributed by atoms with van der Waals surface area (Å²) in [6.07, 6.45) is 11.6. The first-order chi connectivity index (χ1) is 6.43. The van der Waals surface area contributed by atoms with Crippen molar-refractivity contribution in [3.8, 4) is 12.3 Å². The third-order valence-electron chi connectivity index (χ3n) is 2.16. The Morgan fingerprint density at radius 2 is 1.92 bits per heavy atom. The van der Waals surface area contributed by atoms with Gasteiger partial charge in [0, 0.05) is 6.42 Å². The molecule has 1 aliphatic heterocycles. The van der Waals surface area contributed by atoms with Crippen LogP contribution in [0, 0.1) is 12.3 Å². The smallest absolute Gasteiger partial charge is 0.157 e. The molecule has 2 nitrogen and oxygen atoms in total. The maximum absolute atomic E-state index is 5.42. The van der Waals surface area contributed by atoms with Gasteiger partial charge in [-0.05, 0) is 25.7 Å². The topological polar surface area (TPSA) is 18.5 Å². The lowest BCUT2D eigenvalue weighted by atomic mass is 10.1. The van der Waals surface area contributed by atoms with Gasteiger partial charge in [-0.2, -0.15) is 0 Å². The van der Waals surface area contributed by atoms with E-state index in [9.17, 15) is 0 Å². The summed E-state index contributed by atoms with van der Waals surface area (Å²) in [6, 6.07) is 0. The van der Waals surface area contributed by atoms with Crippen LogP contribution in [-0.2, 0) is 9.47 Å². The van der Waals surface area contributed by atoms with E-state index in [0.717, 1.165) is 45.3 Å². The first-order valence-electron chi connectivity index (χ1n) is 5.10. The van der Waals surface area contributed by atoms with Crippen molar-refractivity contribution < 1.29 is 9.47 Å². The second-order valence-electron chi connectivity index (χ2n) is 3.33. The molecule has 13 heavy (non-hydrogen) atoms. The molecule has 1 rings (SSSR count). The van der Waals surface area contributed by atoms with Crippen LogP contribution in [0.25, 0.3) is 0 Å². The van der Waals surface area contributed by atoms with Gasteiger partial charge in [0.15, 0.2) is 6.29 Å². The highest BCUT2D eigenvalue weighted by Gasteiger charge is 2.12. The standard InChI is InChI=1S/C11H18O2/c1-2-3-4-5-6-8-11-12-9-7-10-13-11/h1,11H,3-10H2. The van der Waals surface area contributed by atoms with Gasteiger partial charge in [0.25, 0.3) is 0 Å². The molecule has 0 unspecified atom stereocenters. The van der Waals surface area contributed by atoms with E-state index in [4.69, 9.17) is 15.9 Å². The quantitative estimate of drug-likeness (QED) is 0.480. The summed E-state index contributed by atoms with van der Waals surface area (Å²) in [6.45, 7) is 1.71. The van der Waals surface area contributed by atoms with E-state index < -0.39 is 0 Å². The van der Waals surface area contributed by atoms with Crippen LogP contribution in [0.5, 0.6) is 0 Å². The van der Waals surface area contributed by atoms with E-state index in [-0.39, 0.29) is 6.29 Å². The van der Waals surface area contributed by atoms with Gasteiger partial charge in [0.1, 0.15) is 0 Å². The molecule has 0 aromatic rings. The molecule has 1 saturated heterocycles. The predicted molar refractivity (Wildman–Crippen MR) is 52.2 cm³/mol. The van der Waals surface area contributed by atoms with E-state index in [1.165, 1.54) is 6.42 Å². The lowest BCUT2D eigenvalue weighted by molar-refractivity contribution is -0.181. The van der Waals surface area contributed by atoms with Gasteiger partial charge in [-0.1, -0.05) is 6.42 Å². The van der Waals surface area contributed by atoms with Crippen LogP contribution in [0.1, 0.15) is 38.5 Å². The maximum atomic E-state index is 5.42. The third kappa shape index (κ3) is 4.92. The van der Waals surface area contributed by atoms with Gasteiger partial charge < -0.3 is 9.47 Å². The average molecular weight is 182 g/mol. The highest BCUT2D eigenvalue weighted by atomic mass is 16.7. The zero-order valence-corrected chi connectivity index (χ0v) is 8.13. The molecule has 1 fully saturated rings. The Bertz CT molecular complexity index is 154. The van der Waals surface area contributed by atoms with Crippen LogP contribution in [0.2, 0.25) is 0 Å². The average Bonchev–Trinajstić information content (AvgIpc) is 2.19. The highest BCUT2D eigenvalue weighted by molar-refractivity contribution is 4.82. The Balaban J connectivity index is 1.90. The molecule has 0 spiro atoms. The van der Waals surface area contributed by atoms with E-state index in [0.29, 0.717) is 0 Å². The number of hydrogen-bond acceptors (Lipinski definition) is 2. The number of rotatable bonds is 5. The lowest BCUT2D eigenvalue weighted by Gasteiger charge is -2.22. The van der Waals surface area contributed by atoms with Crippen LogP contribution in [0.4, 0.5) is 0 Å². The van der Waals surface area contributed by atoms with Crippen molar-refractivity contribution in [2.45, 2.75) is 44.8 Å². The monoisotopic (exact) mass is 182 g/mol. The summed E-state index contributed by atoms with van der Waals surface area (Å²) in [7, 11) is 0. The Hall–Kier alpha value is -0.520. The first kappa shape index (κ1) is 10.6. The fourth-order valence-corrected chi connectivity index (χ4v) is 1.42. The molecule has 0 aromatic carbocycles. The summed E-state index contributed by atoms with van der Waals surface area (Å²) < 4.78 is 10.8. The number of hydrogen-bond donors (Lipinski definition) is 0. The summed E-state index contributed by atoms with van der Waals surface area (Å²) in [5.41, 5.74) is 0. The summed E-state index contributed by atoms with van der Waals surface area (Å²) in [5, 5.41) is 0. The van der Waals surface area contributed by atoms with Crippen molar-refractivity contribution in [1.82, 2.24) is 0 Å². The Kier molecular flexibility index (Phi) is 5.64. The fourth-order valence-electron chi connectivity index (χ4n) is 1.42. The van der Waals surface area contributed by atoms with Gasteiger partial charge in [-0.3, -0.25) is 0 Å². The van der Waals surface area contributed by atoms with Crippen molar-refractivity contribution in [2.75, 3.05) is 13.2 Å². The molecule has 0 N–H and O–H groups in total. The third-order valence-corrected chi connectivity index (χ3v) is 2.16. The SMILES string of the molecule is C#CCCCCCC1OCCCO1. The Labute approximate surface area is 80.6 Å². The fraction of sp³-hybridized carbons (Fsp3) is 0.818. The van der Waals surface area contributed by atoms with E-state index in [1.54, 1.807) is 0 Å². The van der Waals surface area contributed by atoms with E-state index in [2.05, 4.69) is 5.92 Å². The van der Waals surface area contributed by atoms with Crippen LogP contribution in [-0.4, -0.2) is 19.5 Å². The lowest BCUT2D eigenvalue weighted by Crippen LogP contribution is -2.24. The van der Waals surface area contributed by atoms with Crippen LogP contribution in [0.15, 0.2) is 0 Å². The summed E-state index contributed by atoms with van der Waals surface area (Å²) >= 11 is 0. The zero-order chi connectivity index (χ0) is 9.36. The highest BCUT2D eigenvalue weighted by Crippen LogP contribution is 2.12. The van der Waals surface area contributed by atoms with E-state index in [1.807, 2.05) is 0 Å². The number of unbranched alkanes of at least 4 members (excludes halogenated alkanes) is 3. The molecule has 1 heterocycles. The molecule has 0 atom stereocenters. The minimum absolute atomic E-state index is 0.0552. The summed E-state index contributed by atoms with van der Waals surface area (Å²) in [4.78, 5) is 0. The molecular weight excluding hydrogens is 164 g/mol. The Morgan fingerprint density at radius 1 is 1.15 bits per heavy atom. The second kappa shape index (κ2) is 6.94. The molecule has 1 aliphatic rings. The molecule has 0 aliphatic carbocycles. The Morgan fingerprint density at radius 3 is 2.62 bits per heavy atom. The van der Waals surface area contributed by atoms with E-state index >= 15 is 0 Å². The van der Waals surface area contributed by atoms with Crippen LogP contribution < -0.4 is 0 Å². The largest absolute Gasteiger partial charge is 0.353 e. The van der Waals surface area contributed by atoms with Gasteiger partial charge in [0.2, 0.25) is 0 Å². The molecule has 0 amide bonds. The molecule has 0 bridgehead atoms. The molecule has 0 aromatic heterocycles. The van der Waals surface area contributed by atoms with Gasteiger partial charge >= 0.3 is 0 Å². The van der Waals surface area contributed by atoms with Gasteiger partial charge in [0.05, 0.1) is 13.2 Å². The van der Waals surface area contributed by atoms with Crippen molar-refractivity contribution in [3.05, 3.63) is 0 Å². The van der Waals surface area contributed by atoms with Crippen molar-refractivity contribution in [2.24, 2.45) is 0 Å². The summed E-state index contributed by atoms with van der Waals surface area (Å²) in [5.74, 6) is 2.64. The van der Waals surface area contributed by atoms with Gasteiger partial charge in [-0.15, -0.1) is 12.3 Å². The molecule has 74 valence electrons. The zero-order valence-electron chi connectivity index (χ0n) is 8.13. The molecule has 2 heteroatoms. The van der Waals surface area contributed by atoms with Crippen molar-refractivity contribution in [1.29, 1.82) is 0 Å². The maximum Gasteiger partial charge on any atom is 0.157 e. The second-order valence-corrected chi connectivity index (χ2v) is 3.33. The normalized spacial score (nSPS) is 18.4. The van der Waals surface area contributed by atoms with Crippen molar-refractivity contribution >= 4 is 0 Å².